The van der Waals surface area contributed by atoms with Gasteiger partial charge in [-0.05, 0) is 60.9 Å². The Hall–Kier alpha value is -3.74. The first-order chi connectivity index (χ1) is 15.1. The zero-order valence-corrected chi connectivity index (χ0v) is 17.3. The largest absolute Gasteiger partial charge is 0.497 e. The monoisotopic (exact) mass is 420 g/mol. The van der Waals surface area contributed by atoms with Crippen molar-refractivity contribution in [3.8, 4) is 34.1 Å². The fourth-order valence-corrected chi connectivity index (χ4v) is 3.87. The molecule has 2 aromatic carbocycles. The number of nitrogens with one attached hydrogen (secondary N) is 1. The number of carbonyl (C=O) groups excluding carboxylic acids is 1. The molecule has 0 radical (unpaired) electrons. The van der Waals surface area contributed by atoms with Gasteiger partial charge in [-0.1, -0.05) is 6.07 Å². The summed E-state index contributed by atoms with van der Waals surface area (Å²) < 4.78 is 21.6. The highest BCUT2D eigenvalue weighted by molar-refractivity contribution is 6.01. The molecule has 3 aromatic rings. The van der Waals surface area contributed by atoms with Crippen molar-refractivity contribution in [2.45, 2.75) is 18.3 Å². The number of hydrogen-bond acceptors (Lipinski definition) is 6. The van der Waals surface area contributed by atoms with Crippen molar-refractivity contribution in [2.24, 2.45) is 0 Å². The van der Waals surface area contributed by atoms with E-state index in [1.54, 1.807) is 26.5 Å². The molecule has 0 spiro atoms. The molecule has 0 bridgehead atoms. The summed E-state index contributed by atoms with van der Waals surface area (Å²) in [5.41, 5.74) is 2.13. The molecule has 0 saturated heterocycles. The second-order valence-electron chi connectivity index (χ2n) is 7.60. The topological polar surface area (TPSA) is 78.9 Å². The van der Waals surface area contributed by atoms with Crippen LogP contribution in [0.5, 0.6) is 23.0 Å². The number of hydrogen-bond donors (Lipinski definition) is 1. The van der Waals surface area contributed by atoms with Crippen LogP contribution in [0.1, 0.15) is 19.8 Å². The van der Waals surface area contributed by atoms with Crippen molar-refractivity contribution in [3.05, 3.63) is 60.3 Å². The summed E-state index contributed by atoms with van der Waals surface area (Å²) in [5, 5.41) is 2.96. The molecule has 5 rings (SSSR count). The van der Waals surface area contributed by atoms with E-state index in [1.165, 1.54) is 0 Å². The number of fused-ring (bicyclic) bond motifs is 1. The minimum Gasteiger partial charge on any atom is -0.497 e. The zero-order chi connectivity index (χ0) is 21.4. The van der Waals surface area contributed by atoms with E-state index in [2.05, 4.69) is 10.3 Å². The summed E-state index contributed by atoms with van der Waals surface area (Å²) in [6.07, 6.45) is 3.29. The molecular weight excluding hydrogens is 396 g/mol. The molecular formula is C24H24N2O5. The Balaban J connectivity index is 0.00000245. The molecule has 2 aliphatic rings. The molecule has 31 heavy (non-hydrogen) atoms. The summed E-state index contributed by atoms with van der Waals surface area (Å²) in [5.74, 6) is 3.29. The van der Waals surface area contributed by atoms with E-state index in [-0.39, 0.29) is 14.1 Å². The average Bonchev–Trinajstić information content (AvgIpc) is 3.50. The van der Waals surface area contributed by atoms with Crippen LogP contribution in [-0.2, 0) is 10.2 Å². The normalized spacial score (nSPS) is 15.3. The number of carbonyl (C=O) groups is 1. The molecule has 7 nitrogen and oxygen atoms in total. The van der Waals surface area contributed by atoms with Gasteiger partial charge in [-0.25, -0.2) is 4.98 Å². The van der Waals surface area contributed by atoms with Gasteiger partial charge in [0.1, 0.15) is 17.3 Å². The van der Waals surface area contributed by atoms with E-state index in [9.17, 15) is 4.79 Å². The van der Waals surface area contributed by atoms with Crippen LogP contribution in [0.2, 0.25) is 0 Å². The van der Waals surface area contributed by atoms with Gasteiger partial charge in [0.2, 0.25) is 12.7 Å². The first kappa shape index (κ1) is 19.2. The predicted molar refractivity (Wildman–Crippen MR) is 117 cm³/mol. The van der Waals surface area contributed by atoms with Gasteiger partial charge in [0.15, 0.2) is 11.5 Å². The van der Waals surface area contributed by atoms with Crippen LogP contribution in [0, 0.1) is 0 Å². The van der Waals surface area contributed by atoms with Crippen molar-refractivity contribution in [2.75, 3.05) is 26.3 Å². The Bertz CT molecular complexity index is 1150. The Morgan fingerprint density at radius 2 is 1.87 bits per heavy atom. The molecule has 1 N–H and O–H groups in total. The number of pyridine rings is 1. The average molecular weight is 420 g/mol. The highest BCUT2D eigenvalue weighted by atomic mass is 16.7. The SMILES string of the molecule is COc1ccc(OC)c(-c2ccc(NC(=O)C3(c4ccc5c(c4)OCO5)CC3)nc2)c1.[HH]. The Morgan fingerprint density at radius 3 is 2.58 bits per heavy atom. The first-order valence-corrected chi connectivity index (χ1v) is 10.0. The minimum absolute atomic E-state index is 0. The highest BCUT2D eigenvalue weighted by Crippen LogP contribution is 2.51. The molecule has 1 aromatic heterocycles. The number of ether oxygens (including phenoxy) is 4. The smallest absolute Gasteiger partial charge is 0.236 e. The van der Waals surface area contributed by atoms with E-state index in [1.807, 2.05) is 42.5 Å². The van der Waals surface area contributed by atoms with Crippen LogP contribution in [0.4, 0.5) is 5.82 Å². The van der Waals surface area contributed by atoms with Gasteiger partial charge in [-0.3, -0.25) is 4.79 Å². The lowest BCUT2D eigenvalue weighted by molar-refractivity contribution is -0.118. The summed E-state index contributed by atoms with van der Waals surface area (Å²) >= 11 is 0. The second kappa shape index (κ2) is 7.50. The van der Waals surface area contributed by atoms with E-state index >= 15 is 0 Å². The van der Waals surface area contributed by atoms with Gasteiger partial charge < -0.3 is 24.3 Å². The molecule has 1 aliphatic heterocycles. The van der Waals surface area contributed by atoms with Crippen LogP contribution < -0.4 is 24.3 Å². The summed E-state index contributed by atoms with van der Waals surface area (Å²) in [6, 6.07) is 15.0. The van der Waals surface area contributed by atoms with Crippen LogP contribution >= 0.6 is 0 Å². The third kappa shape index (κ3) is 3.42. The lowest BCUT2D eigenvalue weighted by Crippen LogP contribution is -2.28. The fourth-order valence-electron chi connectivity index (χ4n) is 3.87. The van der Waals surface area contributed by atoms with Gasteiger partial charge in [0.05, 0.1) is 19.6 Å². The molecule has 1 fully saturated rings. The van der Waals surface area contributed by atoms with Crippen molar-refractivity contribution in [1.29, 1.82) is 0 Å². The maximum Gasteiger partial charge on any atom is 0.236 e. The number of aromatic nitrogens is 1. The van der Waals surface area contributed by atoms with Gasteiger partial charge in [0.25, 0.3) is 0 Å². The van der Waals surface area contributed by atoms with E-state index in [0.717, 1.165) is 41.0 Å². The molecule has 1 saturated carbocycles. The van der Waals surface area contributed by atoms with Crippen LogP contribution in [0.25, 0.3) is 11.1 Å². The quantitative estimate of drug-likeness (QED) is 0.636. The maximum absolute atomic E-state index is 13.1. The lowest BCUT2D eigenvalue weighted by atomic mass is 9.94. The number of amides is 1. The van der Waals surface area contributed by atoms with E-state index in [4.69, 9.17) is 18.9 Å². The molecule has 7 heteroatoms. The third-order valence-corrected chi connectivity index (χ3v) is 5.83. The number of nitrogens with zero attached hydrogens (tertiary/aromatic N) is 1. The number of anilines is 1. The van der Waals surface area contributed by atoms with Gasteiger partial charge in [0, 0.05) is 18.8 Å². The van der Waals surface area contributed by atoms with E-state index < -0.39 is 5.41 Å². The maximum atomic E-state index is 13.1. The zero-order valence-electron chi connectivity index (χ0n) is 17.3. The van der Waals surface area contributed by atoms with Crippen LogP contribution in [0.3, 0.4) is 0 Å². The Kier molecular flexibility index (Phi) is 4.66. The molecule has 1 amide bonds. The summed E-state index contributed by atoms with van der Waals surface area (Å²) in [7, 11) is 3.24. The molecule has 1 aliphatic carbocycles. The van der Waals surface area contributed by atoms with Crippen molar-refractivity contribution < 1.29 is 25.2 Å². The minimum atomic E-state index is -0.544. The lowest BCUT2D eigenvalue weighted by Gasteiger charge is -2.16. The Labute approximate surface area is 181 Å². The fraction of sp³-hybridized carbons (Fsp3) is 0.250. The van der Waals surface area contributed by atoms with E-state index in [0.29, 0.717) is 17.3 Å². The van der Waals surface area contributed by atoms with Crippen molar-refractivity contribution in [3.63, 3.8) is 0 Å². The van der Waals surface area contributed by atoms with Gasteiger partial charge >= 0.3 is 0 Å². The molecule has 2 heterocycles. The van der Waals surface area contributed by atoms with Crippen LogP contribution in [0.15, 0.2) is 54.7 Å². The summed E-state index contributed by atoms with van der Waals surface area (Å²) in [4.78, 5) is 17.5. The summed E-state index contributed by atoms with van der Waals surface area (Å²) in [6.45, 7) is 0.215. The Morgan fingerprint density at radius 1 is 1.03 bits per heavy atom. The molecule has 0 atom stereocenters. The van der Waals surface area contributed by atoms with Gasteiger partial charge in [-0.15, -0.1) is 0 Å². The van der Waals surface area contributed by atoms with Crippen LogP contribution in [-0.4, -0.2) is 31.9 Å². The predicted octanol–water partition coefficient (Wildman–Crippen LogP) is 4.41. The number of methoxy groups -OCH3 is 2. The second-order valence-corrected chi connectivity index (χ2v) is 7.60. The molecule has 0 unspecified atom stereocenters. The third-order valence-electron chi connectivity index (χ3n) is 5.83. The highest BCUT2D eigenvalue weighted by Gasteiger charge is 2.51. The standard InChI is InChI=1S/C24H22N2O5.H2/c1-28-17-5-7-19(29-2)18(12-17)15-3-8-22(25-13-15)26-23(27)24(9-10-24)16-4-6-20-21(11-16)31-14-30-20;/h3-8,11-13H,9-10,14H2,1-2H3,(H,25,26,27);1H. The van der Waals surface area contributed by atoms with Crippen molar-refractivity contribution in [1.82, 2.24) is 4.98 Å². The first-order valence-electron chi connectivity index (χ1n) is 10.0. The number of benzene rings is 2. The van der Waals surface area contributed by atoms with Gasteiger partial charge in [-0.2, -0.15) is 0 Å². The number of rotatable bonds is 6. The van der Waals surface area contributed by atoms with Crippen molar-refractivity contribution >= 4 is 11.7 Å². The molecule has 160 valence electrons.